The number of nitrogens with zero attached hydrogens (tertiary/aromatic N) is 2. The van der Waals surface area contributed by atoms with Gasteiger partial charge in [-0.15, -0.1) is 0 Å². The number of hydrogen-bond donors (Lipinski definition) is 0. The molecule has 0 saturated carbocycles. The number of benzene rings is 1. The quantitative estimate of drug-likeness (QED) is 0.360. The van der Waals surface area contributed by atoms with Crippen molar-refractivity contribution in [1.82, 2.24) is 4.90 Å². The second kappa shape index (κ2) is 6.39. The Kier molecular flexibility index (Phi) is 4.56. The van der Waals surface area contributed by atoms with Crippen molar-refractivity contribution in [2.75, 3.05) is 13.7 Å². The number of nitro groups is 1. The number of nitro benzene ring substituents is 1. The second-order valence-electron chi connectivity index (χ2n) is 4.19. The molecule has 0 unspecified atom stereocenters. The molecule has 1 saturated heterocycles. The first kappa shape index (κ1) is 15.7. The summed E-state index contributed by atoms with van der Waals surface area (Å²) in [6.07, 6.45) is 1.44. The van der Waals surface area contributed by atoms with Crippen LogP contribution in [0.2, 0.25) is 0 Å². The lowest BCUT2D eigenvalue weighted by molar-refractivity contribution is -0.384. The van der Waals surface area contributed by atoms with Crippen LogP contribution < -0.4 is 0 Å². The summed E-state index contributed by atoms with van der Waals surface area (Å²) in [6.45, 7) is -0.446. The van der Waals surface area contributed by atoms with E-state index in [0.717, 1.165) is 12.0 Å². The Bertz CT molecular complexity index is 682. The Hall–Kier alpha value is -2.68. The molecule has 0 atom stereocenters. The van der Waals surface area contributed by atoms with Crippen LogP contribution in [-0.2, 0) is 14.3 Å². The summed E-state index contributed by atoms with van der Waals surface area (Å²) in [4.78, 5) is 45.9. The molecule has 0 spiro atoms. The van der Waals surface area contributed by atoms with Crippen LogP contribution in [0.3, 0.4) is 0 Å². The summed E-state index contributed by atoms with van der Waals surface area (Å²) in [5.41, 5.74) is 0.463. The Labute approximate surface area is 128 Å². The zero-order chi connectivity index (χ0) is 16.3. The third kappa shape index (κ3) is 3.31. The van der Waals surface area contributed by atoms with Crippen LogP contribution in [-0.4, -0.2) is 40.6 Å². The molecule has 0 bridgehead atoms. The first-order valence-electron chi connectivity index (χ1n) is 5.99. The highest BCUT2D eigenvalue weighted by atomic mass is 32.2. The van der Waals surface area contributed by atoms with E-state index in [1.54, 1.807) is 0 Å². The minimum atomic E-state index is -0.695. The highest BCUT2D eigenvalue weighted by Crippen LogP contribution is 2.32. The van der Waals surface area contributed by atoms with Gasteiger partial charge in [-0.25, -0.2) is 0 Å². The van der Waals surface area contributed by atoms with Crippen LogP contribution in [0.25, 0.3) is 6.08 Å². The third-order valence-corrected chi connectivity index (χ3v) is 3.70. The van der Waals surface area contributed by atoms with E-state index in [9.17, 15) is 24.5 Å². The number of carbonyl (C=O) groups is 3. The maximum atomic E-state index is 12.0. The molecule has 114 valence electrons. The van der Waals surface area contributed by atoms with Crippen LogP contribution in [0.4, 0.5) is 10.5 Å². The maximum absolute atomic E-state index is 12.0. The van der Waals surface area contributed by atoms with Gasteiger partial charge < -0.3 is 4.74 Å². The molecule has 0 N–H and O–H groups in total. The van der Waals surface area contributed by atoms with Crippen molar-refractivity contribution in [2.45, 2.75) is 0 Å². The molecule has 0 aromatic heterocycles. The van der Waals surface area contributed by atoms with Crippen molar-refractivity contribution in [3.05, 3.63) is 44.8 Å². The largest absolute Gasteiger partial charge is 0.468 e. The van der Waals surface area contributed by atoms with Crippen molar-refractivity contribution in [3.63, 3.8) is 0 Å². The number of imide groups is 1. The zero-order valence-corrected chi connectivity index (χ0v) is 12.2. The van der Waals surface area contributed by atoms with E-state index in [4.69, 9.17) is 0 Å². The number of rotatable bonds is 4. The van der Waals surface area contributed by atoms with Crippen LogP contribution in [0.5, 0.6) is 0 Å². The maximum Gasteiger partial charge on any atom is 0.325 e. The van der Waals surface area contributed by atoms with Gasteiger partial charge in [0.1, 0.15) is 6.54 Å². The smallest absolute Gasteiger partial charge is 0.325 e. The minimum Gasteiger partial charge on any atom is -0.468 e. The summed E-state index contributed by atoms with van der Waals surface area (Å²) in [5, 5.41) is 10.00. The summed E-state index contributed by atoms with van der Waals surface area (Å²) in [6, 6.07) is 5.52. The van der Waals surface area contributed by atoms with Gasteiger partial charge in [0, 0.05) is 12.1 Å². The zero-order valence-electron chi connectivity index (χ0n) is 11.3. The fourth-order valence-corrected chi connectivity index (χ4v) is 2.51. The number of esters is 1. The number of amides is 2. The van der Waals surface area contributed by atoms with Crippen LogP contribution in [0, 0.1) is 10.1 Å². The predicted molar refractivity (Wildman–Crippen MR) is 77.8 cm³/mol. The second-order valence-corrected chi connectivity index (χ2v) is 5.19. The highest BCUT2D eigenvalue weighted by molar-refractivity contribution is 8.18. The highest BCUT2D eigenvalue weighted by Gasteiger charge is 2.36. The number of methoxy groups -OCH3 is 1. The van der Waals surface area contributed by atoms with Crippen LogP contribution in [0.1, 0.15) is 5.56 Å². The SMILES string of the molecule is COC(=O)CN1C(=O)S/C(=C\c2ccc([N+](=O)[O-])cc2)C1=O. The molecule has 1 aliphatic heterocycles. The fourth-order valence-electron chi connectivity index (χ4n) is 1.67. The summed E-state index contributed by atoms with van der Waals surface area (Å²) in [5.74, 6) is -1.29. The molecule has 2 amide bonds. The Morgan fingerprint density at radius 2 is 2.00 bits per heavy atom. The summed E-state index contributed by atoms with van der Waals surface area (Å²) < 4.78 is 4.42. The third-order valence-electron chi connectivity index (χ3n) is 2.79. The van der Waals surface area contributed by atoms with Gasteiger partial charge in [0.25, 0.3) is 16.8 Å². The van der Waals surface area contributed by atoms with Gasteiger partial charge in [0.05, 0.1) is 16.9 Å². The number of carbonyl (C=O) groups excluding carboxylic acids is 3. The Morgan fingerprint density at radius 1 is 1.36 bits per heavy atom. The van der Waals surface area contributed by atoms with Gasteiger partial charge in [-0.2, -0.15) is 0 Å². The Morgan fingerprint density at radius 3 is 2.55 bits per heavy atom. The minimum absolute atomic E-state index is 0.0732. The predicted octanol–water partition coefficient (Wildman–Crippen LogP) is 1.80. The number of ether oxygens (including phenoxy) is 1. The topological polar surface area (TPSA) is 107 Å². The van der Waals surface area contributed by atoms with Gasteiger partial charge in [-0.05, 0) is 35.5 Å². The average Bonchev–Trinajstić information content (AvgIpc) is 2.75. The lowest BCUT2D eigenvalue weighted by atomic mass is 10.2. The summed E-state index contributed by atoms with van der Waals surface area (Å²) in [7, 11) is 1.16. The standard InChI is InChI=1S/C13H10N2O6S/c1-21-11(16)7-14-12(17)10(22-13(14)18)6-8-2-4-9(5-3-8)15(19)20/h2-6H,7H2,1H3/b10-6-. The van der Waals surface area contributed by atoms with Crippen molar-refractivity contribution in [2.24, 2.45) is 0 Å². The van der Waals surface area contributed by atoms with Crippen LogP contribution in [0.15, 0.2) is 29.2 Å². The lowest BCUT2D eigenvalue weighted by Crippen LogP contribution is -2.34. The molecular weight excluding hydrogens is 312 g/mol. The van der Waals surface area contributed by atoms with Gasteiger partial charge in [0.15, 0.2) is 0 Å². The first-order chi connectivity index (χ1) is 10.4. The molecule has 2 rings (SSSR count). The summed E-state index contributed by atoms with van der Waals surface area (Å²) >= 11 is 0.696. The average molecular weight is 322 g/mol. The van der Waals surface area contributed by atoms with Gasteiger partial charge in [-0.3, -0.25) is 29.4 Å². The molecule has 1 aliphatic rings. The van der Waals surface area contributed by atoms with E-state index >= 15 is 0 Å². The molecule has 0 aliphatic carbocycles. The van der Waals surface area contributed by atoms with Gasteiger partial charge in [-0.1, -0.05) is 0 Å². The molecule has 8 nitrogen and oxygen atoms in total. The Balaban J connectivity index is 2.19. The molecule has 0 radical (unpaired) electrons. The van der Waals surface area contributed by atoms with Crippen molar-refractivity contribution < 1.29 is 24.0 Å². The normalized spacial score (nSPS) is 16.2. The molecule has 1 aromatic carbocycles. The van der Waals surface area contributed by atoms with Crippen molar-refractivity contribution >= 4 is 40.6 Å². The molecule has 9 heteroatoms. The lowest BCUT2D eigenvalue weighted by Gasteiger charge is -2.09. The molecule has 1 heterocycles. The number of hydrogen-bond acceptors (Lipinski definition) is 7. The van der Waals surface area contributed by atoms with Crippen molar-refractivity contribution in [3.8, 4) is 0 Å². The van der Waals surface area contributed by atoms with E-state index in [0.29, 0.717) is 17.3 Å². The first-order valence-corrected chi connectivity index (χ1v) is 6.80. The van der Waals surface area contributed by atoms with E-state index < -0.39 is 28.6 Å². The number of non-ortho nitro benzene ring substituents is 1. The van der Waals surface area contributed by atoms with Gasteiger partial charge in [0.2, 0.25) is 0 Å². The van der Waals surface area contributed by atoms with Gasteiger partial charge >= 0.3 is 5.97 Å². The van der Waals surface area contributed by atoms with E-state index in [-0.39, 0.29) is 10.6 Å². The van der Waals surface area contributed by atoms with E-state index in [1.807, 2.05) is 0 Å². The monoisotopic (exact) mass is 322 g/mol. The fraction of sp³-hybridized carbons (Fsp3) is 0.154. The van der Waals surface area contributed by atoms with Crippen molar-refractivity contribution in [1.29, 1.82) is 0 Å². The number of thioether (sulfide) groups is 1. The van der Waals surface area contributed by atoms with E-state index in [2.05, 4.69) is 4.74 Å². The molecule has 1 aromatic rings. The molecule has 1 fully saturated rings. The van der Waals surface area contributed by atoms with Crippen LogP contribution >= 0.6 is 11.8 Å². The van der Waals surface area contributed by atoms with E-state index in [1.165, 1.54) is 30.3 Å². The molecular formula is C13H10N2O6S. The molecule has 22 heavy (non-hydrogen) atoms.